The summed E-state index contributed by atoms with van der Waals surface area (Å²) in [5.41, 5.74) is 0.135. The average Bonchev–Trinajstić information content (AvgIpc) is 3.07. The first-order valence-electron chi connectivity index (χ1n) is 7.14. The van der Waals surface area contributed by atoms with E-state index in [-0.39, 0.29) is 23.7 Å². The molecule has 25 heavy (non-hydrogen) atoms. The highest BCUT2D eigenvalue weighted by molar-refractivity contribution is 6.10. The Balaban J connectivity index is 1.85. The number of nitrogens with zero attached hydrogens (tertiary/aromatic N) is 2. The Morgan fingerprint density at radius 3 is 2.76 bits per heavy atom. The predicted octanol–water partition coefficient (Wildman–Crippen LogP) is 2.87. The normalized spacial score (nSPS) is 12.4. The van der Waals surface area contributed by atoms with Crippen molar-refractivity contribution in [2.24, 2.45) is 0 Å². The molecule has 2 aromatic carbocycles. The van der Waals surface area contributed by atoms with Crippen molar-refractivity contribution in [3.05, 3.63) is 63.7 Å². The highest BCUT2D eigenvalue weighted by Crippen LogP contribution is 2.33. The minimum absolute atomic E-state index is 0.0179. The molecule has 0 radical (unpaired) electrons. The quantitative estimate of drug-likeness (QED) is 0.397. The van der Waals surface area contributed by atoms with Crippen LogP contribution in [0.2, 0.25) is 0 Å². The molecular weight excluding hydrogens is 326 g/mol. The second-order valence-corrected chi connectivity index (χ2v) is 5.01. The van der Waals surface area contributed by atoms with Crippen LogP contribution in [0.3, 0.4) is 0 Å². The molecule has 0 unspecified atom stereocenters. The summed E-state index contributed by atoms with van der Waals surface area (Å²) in [4.78, 5) is 22.7. The molecule has 0 saturated carbocycles. The van der Waals surface area contributed by atoms with Gasteiger partial charge in [0.1, 0.15) is 17.3 Å². The van der Waals surface area contributed by atoms with Crippen molar-refractivity contribution in [2.75, 3.05) is 12.1 Å². The number of para-hydroxylation sites is 2. The van der Waals surface area contributed by atoms with Crippen LogP contribution in [-0.2, 0) is 4.79 Å². The first-order valence-corrected chi connectivity index (χ1v) is 7.14. The molecule has 1 N–H and O–H groups in total. The lowest BCUT2D eigenvalue weighted by Gasteiger charge is -2.05. The van der Waals surface area contributed by atoms with Crippen LogP contribution in [0.1, 0.15) is 5.56 Å². The number of amides is 1. The molecule has 0 aromatic heterocycles. The monoisotopic (exact) mass is 337 g/mol. The number of anilines is 1. The van der Waals surface area contributed by atoms with Crippen molar-refractivity contribution < 1.29 is 19.2 Å². The van der Waals surface area contributed by atoms with Crippen LogP contribution >= 0.6 is 0 Å². The highest BCUT2D eigenvalue weighted by Gasteiger charge is 2.18. The van der Waals surface area contributed by atoms with E-state index in [0.717, 1.165) is 0 Å². The Labute approximate surface area is 142 Å². The van der Waals surface area contributed by atoms with Gasteiger partial charge in [0.15, 0.2) is 11.5 Å². The fourth-order valence-electron chi connectivity index (χ4n) is 2.25. The molecule has 0 bridgehead atoms. The van der Waals surface area contributed by atoms with Crippen molar-refractivity contribution in [3.63, 3.8) is 0 Å². The molecule has 1 heterocycles. The van der Waals surface area contributed by atoms with E-state index in [4.69, 9.17) is 9.47 Å². The van der Waals surface area contributed by atoms with Gasteiger partial charge in [-0.15, -0.1) is 0 Å². The van der Waals surface area contributed by atoms with Gasteiger partial charge < -0.3 is 14.8 Å². The molecule has 1 aliphatic heterocycles. The Morgan fingerprint density at radius 2 is 2.00 bits per heavy atom. The van der Waals surface area contributed by atoms with Crippen molar-refractivity contribution in [1.29, 1.82) is 5.26 Å². The Morgan fingerprint density at radius 1 is 1.24 bits per heavy atom. The fraction of sp³-hybridized carbons (Fsp3) is 0.0588. The third-order valence-corrected chi connectivity index (χ3v) is 3.42. The first-order chi connectivity index (χ1) is 12.1. The SMILES string of the molecule is N#C/C(=C\c1ccc2c(c1)OCO2)C(=O)Nc1ccccc1[N+](=O)[O-]. The number of nitro benzene ring substituents is 1. The van der Waals surface area contributed by atoms with Crippen LogP contribution < -0.4 is 14.8 Å². The van der Waals surface area contributed by atoms with E-state index in [9.17, 15) is 20.2 Å². The van der Waals surface area contributed by atoms with Crippen LogP contribution in [-0.4, -0.2) is 17.6 Å². The van der Waals surface area contributed by atoms with Gasteiger partial charge in [-0.3, -0.25) is 14.9 Å². The highest BCUT2D eigenvalue weighted by atomic mass is 16.7. The van der Waals surface area contributed by atoms with E-state index < -0.39 is 10.8 Å². The number of nitrogens with one attached hydrogen (secondary N) is 1. The Hall–Kier alpha value is -3.86. The lowest BCUT2D eigenvalue weighted by Crippen LogP contribution is -2.14. The van der Waals surface area contributed by atoms with Gasteiger partial charge in [0.25, 0.3) is 11.6 Å². The van der Waals surface area contributed by atoms with Gasteiger partial charge in [-0.25, -0.2) is 0 Å². The summed E-state index contributed by atoms with van der Waals surface area (Å²) in [6.07, 6.45) is 1.37. The van der Waals surface area contributed by atoms with E-state index in [1.807, 2.05) is 0 Å². The number of rotatable bonds is 4. The maximum atomic E-state index is 12.3. The van der Waals surface area contributed by atoms with Gasteiger partial charge in [0.05, 0.1) is 4.92 Å². The zero-order chi connectivity index (χ0) is 17.8. The molecular formula is C17H11N3O5. The predicted molar refractivity (Wildman–Crippen MR) is 87.9 cm³/mol. The maximum Gasteiger partial charge on any atom is 0.292 e. The molecule has 0 spiro atoms. The van der Waals surface area contributed by atoms with E-state index in [1.54, 1.807) is 30.3 Å². The first kappa shape index (κ1) is 16.0. The molecule has 3 rings (SSSR count). The Kier molecular flexibility index (Phi) is 4.30. The van der Waals surface area contributed by atoms with E-state index in [2.05, 4.69) is 5.32 Å². The van der Waals surface area contributed by atoms with E-state index >= 15 is 0 Å². The van der Waals surface area contributed by atoms with E-state index in [0.29, 0.717) is 17.1 Å². The van der Waals surface area contributed by atoms with Gasteiger partial charge in [-0.2, -0.15) is 5.26 Å². The van der Waals surface area contributed by atoms with Gasteiger partial charge >= 0.3 is 0 Å². The van der Waals surface area contributed by atoms with Crippen molar-refractivity contribution in [3.8, 4) is 17.6 Å². The molecule has 1 aliphatic rings. The number of hydrogen-bond acceptors (Lipinski definition) is 6. The smallest absolute Gasteiger partial charge is 0.292 e. The number of carbonyl (C=O) groups excluding carboxylic acids is 1. The third-order valence-electron chi connectivity index (χ3n) is 3.42. The molecule has 0 atom stereocenters. The van der Waals surface area contributed by atoms with Crippen molar-refractivity contribution in [1.82, 2.24) is 0 Å². The lowest BCUT2D eigenvalue weighted by molar-refractivity contribution is -0.383. The topological polar surface area (TPSA) is 114 Å². The minimum atomic E-state index is -0.741. The number of fused-ring (bicyclic) bond motifs is 1. The zero-order valence-corrected chi connectivity index (χ0v) is 12.8. The van der Waals surface area contributed by atoms with E-state index in [1.165, 1.54) is 24.3 Å². The number of carbonyl (C=O) groups is 1. The van der Waals surface area contributed by atoms with Gasteiger partial charge in [-0.05, 0) is 29.8 Å². The fourth-order valence-corrected chi connectivity index (χ4v) is 2.25. The molecule has 2 aromatic rings. The summed E-state index contributed by atoms with van der Waals surface area (Å²) in [6, 6.07) is 12.5. The van der Waals surface area contributed by atoms with Gasteiger partial charge in [0.2, 0.25) is 6.79 Å². The van der Waals surface area contributed by atoms with Crippen molar-refractivity contribution in [2.45, 2.75) is 0 Å². The van der Waals surface area contributed by atoms with Crippen LogP contribution in [0, 0.1) is 21.4 Å². The van der Waals surface area contributed by atoms with Crippen LogP contribution in [0.15, 0.2) is 48.0 Å². The molecule has 124 valence electrons. The number of nitro groups is 1. The number of nitriles is 1. The summed E-state index contributed by atoms with van der Waals surface area (Å²) < 4.78 is 10.4. The summed E-state index contributed by atoms with van der Waals surface area (Å²) in [6.45, 7) is 0.117. The second kappa shape index (κ2) is 6.72. The van der Waals surface area contributed by atoms with Crippen molar-refractivity contribution >= 4 is 23.4 Å². The lowest BCUT2D eigenvalue weighted by atomic mass is 10.1. The number of hydrogen-bond donors (Lipinski definition) is 1. The maximum absolute atomic E-state index is 12.3. The molecule has 1 amide bonds. The molecule has 0 fully saturated rings. The summed E-state index contributed by atoms with van der Waals surface area (Å²) in [5.74, 6) is 0.361. The summed E-state index contributed by atoms with van der Waals surface area (Å²) >= 11 is 0. The van der Waals surface area contributed by atoms with Crippen LogP contribution in [0.25, 0.3) is 6.08 Å². The number of ether oxygens (including phenoxy) is 2. The summed E-state index contributed by atoms with van der Waals surface area (Å²) in [5, 5.41) is 22.6. The van der Waals surface area contributed by atoms with Gasteiger partial charge in [0, 0.05) is 6.07 Å². The Bertz CT molecular complexity index is 930. The summed E-state index contributed by atoms with van der Waals surface area (Å²) in [7, 11) is 0. The second-order valence-electron chi connectivity index (χ2n) is 5.01. The van der Waals surface area contributed by atoms with Crippen LogP contribution in [0.5, 0.6) is 11.5 Å². The molecule has 0 saturated heterocycles. The number of benzene rings is 2. The standard InChI is InChI=1S/C17H11N3O5/c18-9-12(7-11-5-6-15-16(8-11)25-10-24-15)17(21)19-13-3-1-2-4-14(13)20(22)23/h1-8H,10H2,(H,19,21)/b12-7+. The molecule has 0 aliphatic carbocycles. The molecule has 8 heteroatoms. The zero-order valence-electron chi connectivity index (χ0n) is 12.8. The van der Waals surface area contributed by atoms with Crippen LogP contribution in [0.4, 0.5) is 11.4 Å². The largest absolute Gasteiger partial charge is 0.454 e. The van der Waals surface area contributed by atoms with Gasteiger partial charge in [-0.1, -0.05) is 18.2 Å². The third kappa shape index (κ3) is 3.40. The minimum Gasteiger partial charge on any atom is -0.454 e. The molecule has 8 nitrogen and oxygen atoms in total. The average molecular weight is 337 g/mol.